The van der Waals surface area contributed by atoms with Crippen molar-refractivity contribution in [1.82, 2.24) is 10.6 Å². The maximum atomic E-state index is 13.1. The summed E-state index contributed by atoms with van der Waals surface area (Å²) in [6, 6.07) is 0. The van der Waals surface area contributed by atoms with E-state index in [-0.39, 0.29) is 64.9 Å². The molecule has 0 bridgehead atoms. The van der Waals surface area contributed by atoms with Crippen LogP contribution in [-0.4, -0.2) is 95.6 Å². The van der Waals surface area contributed by atoms with Gasteiger partial charge in [0.2, 0.25) is 12.2 Å². The third-order valence-corrected chi connectivity index (χ3v) is 10.5. The maximum absolute atomic E-state index is 13.1. The van der Waals surface area contributed by atoms with Crippen molar-refractivity contribution in [2.24, 2.45) is 10.8 Å². The lowest BCUT2D eigenvalue weighted by atomic mass is 9.72. The largest absolute Gasteiger partial charge is 0.463 e. The summed E-state index contributed by atoms with van der Waals surface area (Å²) >= 11 is 0. The van der Waals surface area contributed by atoms with Crippen LogP contribution < -0.4 is 10.6 Å². The second kappa shape index (κ2) is 19.5. The Morgan fingerprint density at radius 3 is 1.34 bits per heavy atom. The Bertz CT molecular complexity index is 1530. The van der Waals surface area contributed by atoms with Crippen LogP contribution in [0.15, 0.2) is 24.3 Å². The maximum Gasteiger partial charge on any atom is 0.347 e. The van der Waals surface area contributed by atoms with Crippen LogP contribution in [0.2, 0.25) is 0 Å². The van der Waals surface area contributed by atoms with E-state index >= 15 is 0 Å². The molecular formula is C44H72N2O12. The first-order valence-electron chi connectivity index (χ1n) is 20.4. The molecule has 4 rings (SSSR count). The summed E-state index contributed by atoms with van der Waals surface area (Å²) in [6.07, 6.45) is 2.94. The SMILES string of the molecule is C=C(C)C(=O)OC1CC(C)(C)NC(C)(C)C1.C=C(C)C(=O)OC1CCOC1=O.CCC(C)(CC(C)(C)C(=O)OC1CC(C)(C)NC(C)(C)C1)C(=O)OC1CCOC1=O. The Morgan fingerprint density at radius 2 is 1.00 bits per heavy atom. The molecule has 0 radical (unpaired) electrons. The topological polar surface area (TPSA) is 182 Å². The average molecular weight is 821 g/mol. The van der Waals surface area contributed by atoms with Crippen molar-refractivity contribution in [3.05, 3.63) is 24.3 Å². The van der Waals surface area contributed by atoms with Crippen molar-refractivity contribution in [2.75, 3.05) is 13.2 Å². The number of carbonyl (C=O) groups excluding carboxylic acids is 6. The van der Waals surface area contributed by atoms with Gasteiger partial charge in [-0.1, -0.05) is 20.1 Å². The molecular weight excluding hydrogens is 748 g/mol. The number of ether oxygens (including phenoxy) is 6. The zero-order chi connectivity index (χ0) is 44.7. The van der Waals surface area contributed by atoms with Gasteiger partial charge in [-0.25, -0.2) is 19.2 Å². The fourth-order valence-electron chi connectivity index (χ4n) is 8.25. The summed E-state index contributed by atoms with van der Waals surface area (Å²) in [4.78, 5) is 70.8. The lowest BCUT2D eigenvalue weighted by Gasteiger charge is -2.46. The third-order valence-electron chi connectivity index (χ3n) is 10.5. The highest BCUT2D eigenvalue weighted by atomic mass is 16.6. The number of hydrogen-bond acceptors (Lipinski definition) is 14. The van der Waals surface area contributed by atoms with Gasteiger partial charge >= 0.3 is 35.8 Å². The minimum absolute atomic E-state index is 0.00176. The predicted octanol–water partition coefficient (Wildman–Crippen LogP) is 6.37. The van der Waals surface area contributed by atoms with Crippen molar-refractivity contribution in [3.63, 3.8) is 0 Å². The highest BCUT2D eigenvalue weighted by Gasteiger charge is 2.47. The van der Waals surface area contributed by atoms with Gasteiger partial charge in [0.15, 0.2) is 0 Å². The van der Waals surface area contributed by atoms with Crippen LogP contribution >= 0.6 is 0 Å². The fourth-order valence-corrected chi connectivity index (χ4v) is 8.25. The molecule has 58 heavy (non-hydrogen) atoms. The molecule has 3 atom stereocenters. The van der Waals surface area contributed by atoms with Crippen LogP contribution in [0.3, 0.4) is 0 Å². The molecule has 4 aliphatic heterocycles. The highest BCUT2D eigenvalue weighted by molar-refractivity contribution is 5.90. The van der Waals surface area contributed by atoms with Crippen molar-refractivity contribution in [3.8, 4) is 0 Å². The Kier molecular flexibility index (Phi) is 17.0. The molecule has 0 aromatic carbocycles. The molecule has 0 amide bonds. The van der Waals surface area contributed by atoms with Crippen LogP contribution in [0.4, 0.5) is 0 Å². The molecule has 0 spiro atoms. The molecule has 4 saturated heterocycles. The molecule has 4 aliphatic rings. The lowest BCUT2D eigenvalue weighted by Crippen LogP contribution is -2.60. The van der Waals surface area contributed by atoms with Gasteiger partial charge in [-0.3, -0.25) is 9.59 Å². The van der Waals surface area contributed by atoms with E-state index in [2.05, 4.69) is 83.9 Å². The van der Waals surface area contributed by atoms with Crippen molar-refractivity contribution in [2.45, 2.75) is 195 Å². The molecule has 3 unspecified atom stereocenters. The third kappa shape index (κ3) is 15.8. The van der Waals surface area contributed by atoms with Crippen LogP contribution in [0, 0.1) is 10.8 Å². The van der Waals surface area contributed by atoms with Gasteiger partial charge in [0, 0.05) is 71.8 Å². The van der Waals surface area contributed by atoms with Crippen molar-refractivity contribution >= 4 is 35.8 Å². The van der Waals surface area contributed by atoms with E-state index in [1.807, 2.05) is 6.92 Å². The Labute approximate surface area is 346 Å². The smallest absolute Gasteiger partial charge is 0.347 e. The predicted molar refractivity (Wildman–Crippen MR) is 218 cm³/mol. The fraction of sp³-hybridized carbons (Fsp3) is 0.773. The van der Waals surface area contributed by atoms with Gasteiger partial charge < -0.3 is 39.1 Å². The quantitative estimate of drug-likeness (QED) is 0.133. The summed E-state index contributed by atoms with van der Waals surface area (Å²) in [6.45, 7) is 35.0. The zero-order valence-corrected chi connectivity index (χ0v) is 37.7. The first kappa shape index (κ1) is 50.4. The summed E-state index contributed by atoms with van der Waals surface area (Å²) in [7, 11) is 0. The number of carbonyl (C=O) groups is 6. The Balaban J connectivity index is 0.000000344. The first-order chi connectivity index (χ1) is 26.3. The van der Waals surface area contributed by atoms with Crippen molar-refractivity contribution in [1.29, 1.82) is 0 Å². The molecule has 14 nitrogen and oxygen atoms in total. The normalized spacial score (nSPS) is 24.4. The van der Waals surface area contributed by atoms with Gasteiger partial charge in [0.05, 0.1) is 24.0 Å². The molecule has 330 valence electrons. The first-order valence-corrected chi connectivity index (χ1v) is 20.4. The molecule has 0 aromatic heterocycles. The Hall–Kier alpha value is -3.78. The van der Waals surface area contributed by atoms with Crippen LogP contribution in [0.1, 0.15) is 148 Å². The van der Waals surface area contributed by atoms with E-state index in [1.165, 1.54) is 6.92 Å². The van der Waals surface area contributed by atoms with Gasteiger partial charge in [0.1, 0.15) is 12.2 Å². The van der Waals surface area contributed by atoms with Crippen LogP contribution in [0.5, 0.6) is 0 Å². The molecule has 0 aromatic rings. The second-order valence-electron chi connectivity index (χ2n) is 19.9. The van der Waals surface area contributed by atoms with Gasteiger partial charge in [-0.05, 0) is 103 Å². The number of hydrogen-bond donors (Lipinski definition) is 2. The molecule has 14 heteroatoms. The van der Waals surface area contributed by atoms with Gasteiger partial charge in [-0.15, -0.1) is 0 Å². The zero-order valence-electron chi connectivity index (χ0n) is 37.7. The van der Waals surface area contributed by atoms with E-state index in [4.69, 9.17) is 23.7 Å². The average Bonchev–Trinajstić information content (AvgIpc) is 3.64. The summed E-state index contributed by atoms with van der Waals surface area (Å²) in [5.74, 6) is -2.58. The number of cyclic esters (lactones) is 2. The summed E-state index contributed by atoms with van der Waals surface area (Å²) in [5.41, 5.74) is -1.28. The Morgan fingerprint density at radius 1 is 0.638 bits per heavy atom. The van der Waals surface area contributed by atoms with E-state index in [0.29, 0.717) is 31.4 Å². The number of rotatable bonds is 11. The molecule has 2 N–H and O–H groups in total. The summed E-state index contributed by atoms with van der Waals surface area (Å²) < 4.78 is 31.1. The van der Waals surface area contributed by atoms with Crippen LogP contribution in [-0.2, 0) is 57.2 Å². The standard InChI is InChI=1S/C23H39NO6.C13H23NO2.C8H10O4/c1-9-23(8,19(27)30-16-10-11-28-17(16)25)14-20(2,3)18(26)29-15-12-21(4,5)24-22(6,7)13-15;1-9(2)11(15)16-10-7-12(3,4)14-13(5,6)8-10;1-5(2)7(9)12-6-3-4-11-8(6)10/h15-16,24H,9-14H2,1-8H3;10,14H,1,7-8H2,2-6H3;6H,1,3-4H2,2H3. The molecule has 4 heterocycles. The molecule has 4 fully saturated rings. The van der Waals surface area contributed by atoms with E-state index in [1.54, 1.807) is 27.7 Å². The number of esters is 6. The van der Waals surface area contributed by atoms with E-state index in [9.17, 15) is 28.8 Å². The van der Waals surface area contributed by atoms with Crippen molar-refractivity contribution < 1.29 is 57.2 Å². The van der Waals surface area contributed by atoms with Gasteiger partial charge in [0.25, 0.3) is 0 Å². The minimum atomic E-state index is -0.905. The number of piperidine rings is 2. The second-order valence-corrected chi connectivity index (χ2v) is 19.9. The summed E-state index contributed by atoms with van der Waals surface area (Å²) in [5, 5.41) is 7.13. The minimum Gasteiger partial charge on any atom is -0.463 e. The molecule has 0 saturated carbocycles. The van der Waals surface area contributed by atoms with Gasteiger partial charge in [-0.2, -0.15) is 0 Å². The van der Waals surface area contributed by atoms with E-state index in [0.717, 1.165) is 25.7 Å². The highest BCUT2D eigenvalue weighted by Crippen LogP contribution is 2.40. The van der Waals surface area contributed by atoms with E-state index < -0.39 is 46.9 Å². The van der Waals surface area contributed by atoms with Crippen LogP contribution in [0.25, 0.3) is 0 Å². The lowest BCUT2D eigenvalue weighted by molar-refractivity contribution is -0.174. The molecule has 0 aliphatic carbocycles. The number of nitrogens with one attached hydrogen (secondary N) is 2. The monoisotopic (exact) mass is 821 g/mol.